The molecule has 0 aromatic rings. The molecule has 0 aromatic heterocycles. The highest BCUT2D eigenvalue weighted by Crippen LogP contribution is 2.43. The Bertz CT molecular complexity index is 1070. The molecule has 3 N–H and O–H groups in total. The van der Waals surface area contributed by atoms with Crippen LogP contribution in [0.3, 0.4) is 0 Å². The normalized spacial score (nSPS) is 14.5. The van der Waals surface area contributed by atoms with Gasteiger partial charge in [0, 0.05) is 13.0 Å². The average molecular weight is 825 g/mol. The van der Waals surface area contributed by atoms with E-state index >= 15 is 0 Å². The van der Waals surface area contributed by atoms with E-state index in [1.807, 2.05) is 0 Å². The van der Waals surface area contributed by atoms with Gasteiger partial charge in [-0.1, -0.05) is 190 Å². The van der Waals surface area contributed by atoms with E-state index < -0.39 is 45.8 Å². The molecule has 0 saturated carbocycles. The molecule has 0 saturated heterocycles. The van der Waals surface area contributed by atoms with Crippen LogP contribution >= 0.6 is 7.82 Å². The van der Waals surface area contributed by atoms with Crippen LogP contribution in [0.2, 0.25) is 0 Å². The molecule has 0 aliphatic carbocycles. The van der Waals surface area contributed by atoms with Crippen molar-refractivity contribution in [3.63, 3.8) is 0 Å². The number of carbonyl (C=O) groups is 1. The number of phosphoric acid groups is 1. The molecule has 0 bridgehead atoms. The molecule has 0 amide bonds. The number of hydrogen-bond donors (Lipinski definition) is 3. The number of hydrogen-bond acceptors (Lipinski definition) is 8. The number of aliphatic hydroxyl groups excluding tert-OH is 2. The highest BCUT2D eigenvalue weighted by Gasteiger charge is 2.26. The first-order valence-electron chi connectivity index (χ1n) is 22.8. The Morgan fingerprint density at radius 2 is 0.982 bits per heavy atom. The smallest absolute Gasteiger partial charge is 0.457 e. The number of phosphoric ester groups is 1. The van der Waals surface area contributed by atoms with Gasteiger partial charge in [0.25, 0.3) is 0 Å². The van der Waals surface area contributed by atoms with Gasteiger partial charge in [-0.3, -0.25) is 13.8 Å². The van der Waals surface area contributed by atoms with Crippen molar-refractivity contribution >= 4 is 13.8 Å². The average Bonchev–Trinajstić information content (AvgIpc) is 3.20. The zero-order chi connectivity index (χ0) is 41.8. The molecule has 0 fully saturated rings. The summed E-state index contributed by atoms with van der Waals surface area (Å²) < 4.78 is 33.4. The van der Waals surface area contributed by atoms with Gasteiger partial charge >= 0.3 is 13.8 Å². The topological polar surface area (TPSA) is 132 Å². The maximum absolute atomic E-state index is 12.6. The fraction of sp³-hybridized carbons (Fsp3) is 0.766. The minimum Gasteiger partial charge on any atom is -0.457 e. The fourth-order valence-corrected chi connectivity index (χ4v) is 6.83. The van der Waals surface area contributed by atoms with Crippen molar-refractivity contribution in [2.24, 2.45) is 0 Å². The summed E-state index contributed by atoms with van der Waals surface area (Å²) in [4.78, 5) is 22.6. The van der Waals surface area contributed by atoms with Crippen LogP contribution in [-0.4, -0.2) is 66.3 Å². The summed E-state index contributed by atoms with van der Waals surface area (Å²) in [5, 5.41) is 18.4. The quantitative estimate of drug-likeness (QED) is 0.0238. The monoisotopic (exact) mass is 825 g/mol. The molecular formula is C47H85O9P. The first-order valence-corrected chi connectivity index (χ1v) is 24.3. The van der Waals surface area contributed by atoms with Gasteiger partial charge in [-0.05, 0) is 51.4 Å². The summed E-state index contributed by atoms with van der Waals surface area (Å²) >= 11 is 0. The second-order valence-corrected chi connectivity index (χ2v) is 16.5. The van der Waals surface area contributed by atoms with Crippen LogP contribution in [0.25, 0.3) is 0 Å². The zero-order valence-electron chi connectivity index (χ0n) is 36.3. The van der Waals surface area contributed by atoms with Gasteiger partial charge in [0.1, 0.15) is 12.2 Å². The van der Waals surface area contributed by atoms with Crippen LogP contribution < -0.4 is 0 Å². The summed E-state index contributed by atoms with van der Waals surface area (Å²) in [6, 6.07) is 0. The Labute approximate surface area is 349 Å². The van der Waals surface area contributed by atoms with Crippen LogP contribution in [0, 0.1) is 0 Å². The van der Waals surface area contributed by atoms with Crippen molar-refractivity contribution in [3.8, 4) is 0 Å². The van der Waals surface area contributed by atoms with E-state index in [9.17, 15) is 19.4 Å². The van der Waals surface area contributed by atoms with E-state index in [1.165, 1.54) is 103 Å². The SMILES string of the molecule is CC/C=C\C/C=C\C/C=C\C/C=C\C/C=C\CCCC(=O)OC(COCCCCCCCCCCCCCCCCCCCCC)COP(=O)(O)OCC(O)CO. The lowest BCUT2D eigenvalue weighted by atomic mass is 10.0. The minimum atomic E-state index is -4.53. The van der Waals surface area contributed by atoms with Crippen molar-refractivity contribution in [2.75, 3.05) is 33.0 Å². The van der Waals surface area contributed by atoms with Gasteiger partial charge < -0.3 is 24.6 Å². The van der Waals surface area contributed by atoms with E-state index in [0.29, 0.717) is 13.0 Å². The molecule has 0 rings (SSSR count). The molecule has 9 nitrogen and oxygen atoms in total. The summed E-state index contributed by atoms with van der Waals surface area (Å²) in [5.41, 5.74) is 0. The molecule has 3 unspecified atom stereocenters. The maximum Gasteiger partial charge on any atom is 0.472 e. The van der Waals surface area contributed by atoms with Crippen molar-refractivity contribution in [1.29, 1.82) is 0 Å². The predicted molar refractivity (Wildman–Crippen MR) is 237 cm³/mol. The van der Waals surface area contributed by atoms with Gasteiger partial charge in [0.2, 0.25) is 0 Å². The molecule has 0 spiro atoms. The molecule has 332 valence electrons. The van der Waals surface area contributed by atoms with Gasteiger partial charge in [0.15, 0.2) is 0 Å². The maximum atomic E-state index is 12.6. The third-order valence-corrected chi connectivity index (χ3v) is 10.4. The number of esters is 1. The predicted octanol–water partition coefficient (Wildman–Crippen LogP) is 12.8. The number of ether oxygens (including phenoxy) is 2. The van der Waals surface area contributed by atoms with Gasteiger partial charge in [-0.2, -0.15) is 0 Å². The van der Waals surface area contributed by atoms with Crippen molar-refractivity contribution in [3.05, 3.63) is 60.8 Å². The summed E-state index contributed by atoms with van der Waals surface area (Å²) in [6.45, 7) is 3.34. The van der Waals surface area contributed by atoms with Gasteiger partial charge in [-0.25, -0.2) is 4.57 Å². The van der Waals surface area contributed by atoms with E-state index in [4.69, 9.17) is 23.6 Å². The highest BCUT2D eigenvalue weighted by molar-refractivity contribution is 7.47. The second-order valence-electron chi connectivity index (χ2n) is 15.0. The van der Waals surface area contributed by atoms with Crippen molar-refractivity contribution < 1.29 is 43.0 Å². The molecule has 0 heterocycles. The molecule has 57 heavy (non-hydrogen) atoms. The summed E-state index contributed by atoms with van der Waals surface area (Å²) in [6.07, 6.45) is 50.5. The first kappa shape index (κ1) is 55.2. The van der Waals surface area contributed by atoms with E-state index in [2.05, 4.69) is 74.6 Å². The third-order valence-electron chi connectivity index (χ3n) is 9.47. The Morgan fingerprint density at radius 1 is 0.561 bits per heavy atom. The molecule has 10 heteroatoms. The Hall–Kier alpha value is -1.84. The number of allylic oxidation sites excluding steroid dienone is 10. The van der Waals surface area contributed by atoms with Crippen molar-refractivity contribution in [1.82, 2.24) is 0 Å². The number of aliphatic hydroxyl groups is 2. The zero-order valence-corrected chi connectivity index (χ0v) is 37.2. The summed E-state index contributed by atoms with van der Waals surface area (Å²) in [7, 11) is -4.53. The third kappa shape index (κ3) is 43.6. The van der Waals surface area contributed by atoms with Crippen LogP contribution in [0.5, 0.6) is 0 Å². The van der Waals surface area contributed by atoms with E-state index in [0.717, 1.165) is 57.8 Å². The van der Waals surface area contributed by atoms with Gasteiger partial charge in [-0.15, -0.1) is 0 Å². The van der Waals surface area contributed by atoms with Crippen molar-refractivity contribution in [2.45, 2.75) is 199 Å². The Morgan fingerprint density at radius 3 is 1.44 bits per heavy atom. The van der Waals surface area contributed by atoms with Gasteiger partial charge in [0.05, 0.1) is 26.4 Å². The standard InChI is InChI=1S/C47H85O9P/c1-3-5-7-9-11-13-15-17-19-21-22-24-26-28-30-32-34-36-38-40-53-43-46(44-55-57(51,52)54-42-45(49)41-48)56-47(50)39-37-35-33-31-29-27-25-23-20-18-16-14-12-10-8-6-4-2/h6,8,12,14,18,20,25,27,31,33,45-46,48-49H,3-5,7,9-11,13,15-17,19,21-24,26,28-30,32,34-44H2,1-2H3,(H,51,52)/b8-6-,14-12-,20-18-,27-25-,33-31-. The summed E-state index contributed by atoms with van der Waals surface area (Å²) in [5.74, 6) is -0.438. The largest absolute Gasteiger partial charge is 0.472 e. The van der Waals surface area contributed by atoms with Crippen LogP contribution in [0.4, 0.5) is 0 Å². The molecule has 0 aliphatic rings. The molecule has 0 aromatic carbocycles. The number of carbonyl (C=O) groups excluding carboxylic acids is 1. The van der Waals surface area contributed by atoms with E-state index in [1.54, 1.807) is 0 Å². The lowest BCUT2D eigenvalue weighted by Crippen LogP contribution is -2.29. The number of rotatable bonds is 43. The van der Waals surface area contributed by atoms with Crippen LogP contribution in [-0.2, 0) is 27.9 Å². The lowest BCUT2D eigenvalue weighted by Gasteiger charge is -2.20. The fourth-order valence-electron chi connectivity index (χ4n) is 6.04. The lowest BCUT2D eigenvalue weighted by molar-refractivity contribution is -0.154. The molecule has 0 aliphatic heterocycles. The van der Waals surface area contributed by atoms with Crippen LogP contribution in [0.1, 0.15) is 187 Å². The molecular weight excluding hydrogens is 739 g/mol. The second kappa shape index (κ2) is 43.7. The Kier molecular flexibility index (Phi) is 42.3. The highest BCUT2D eigenvalue weighted by atomic mass is 31.2. The minimum absolute atomic E-state index is 0.0266. The van der Waals surface area contributed by atoms with E-state index in [-0.39, 0.29) is 13.0 Å². The number of unbranched alkanes of at least 4 members (excludes halogenated alkanes) is 19. The molecule has 3 atom stereocenters. The molecule has 0 radical (unpaired) electrons. The van der Waals surface area contributed by atoms with Crippen LogP contribution in [0.15, 0.2) is 60.8 Å². The first-order chi connectivity index (χ1) is 27.8. The Balaban J connectivity index is 4.21.